The van der Waals surface area contributed by atoms with Crippen LogP contribution in [0.4, 0.5) is 4.39 Å². The predicted octanol–water partition coefficient (Wildman–Crippen LogP) is 2.67. The van der Waals surface area contributed by atoms with Crippen LogP contribution in [0.1, 0.15) is 9.75 Å². The monoisotopic (exact) mass is 285 g/mol. The van der Waals surface area contributed by atoms with Crippen molar-refractivity contribution in [3.63, 3.8) is 0 Å². The van der Waals surface area contributed by atoms with Gasteiger partial charge in [0.05, 0.1) is 0 Å². The van der Waals surface area contributed by atoms with Crippen LogP contribution in [0.15, 0.2) is 41.3 Å². The van der Waals surface area contributed by atoms with Gasteiger partial charge in [-0.25, -0.2) is 17.5 Å². The van der Waals surface area contributed by atoms with E-state index < -0.39 is 15.8 Å². The number of rotatable bonds is 4. The molecule has 1 aromatic heterocycles. The predicted molar refractivity (Wildman–Crippen MR) is 69.5 cm³/mol. The molecular formula is C12H12FNO2S2. The van der Waals surface area contributed by atoms with E-state index in [4.69, 9.17) is 0 Å². The van der Waals surface area contributed by atoms with E-state index in [2.05, 4.69) is 4.72 Å². The van der Waals surface area contributed by atoms with Crippen molar-refractivity contribution in [1.82, 2.24) is 4.72 Å². The fourth-order valence-electron chi connectivity index (χ4n) is 1.49. The van der Waals surface area contributed by atoms with Crippen molar-refractivity contribution in [3.8, 4) is 0 Å². The molecule has 0 bridgehead atoms. The molecule has 2 aromatic rings. The number of benzene rings is 1. The van der Waals surface area contributed by atoms with Crippen molar-refractivity contribution in [3.05, 3.63) is 52.0 Å². The fraction of sp³-hybridized carbons (Fsp3) is 0.167. The molecule has 96 valence electrons. The fourth-order valence-corrected chi connectivity index (χ4v) is 3.49. The average molecular weight is 285 g/mol. The lowest BCUT2D eigenvalue weighted by Crippen LogP contribution is -2.23. The van der Waals surface area contributed by atoms with Crippen molar-refractivity contribution in [2.24, 2.45) is 0 Å². The van der Waals surface area contributed by atoms with Crippen LogP contribution >= 0.6 is 11.3 Å². The van der Waals surface area contributed by atoms with Gasteiger partial charge in [0.2, 0.25) is 10.0 Å². The second-order valence-corrected chi connectivity index (χ2v) is 6.88. The molecule has 0 atom stereocenters. The Kier molecular flexibility index (Phi) is 3.79. The van der Waals surface area contributed by atoms with E-state index in [1.165, 1.54) is 29.5 Å². The van der Waals surface area contributed by atoms with Gasteiger partial charge in [-0.2, -0.15) is 0 Å². The zero-order valence-corrected chi connectivity index (χ0v) is 11.3. The van der Waals surface area contributed by atoms with Crippen LogP contribution in [-0.2, 0) is 16.6 Å². The summed E-state index contributed by atoms with van der Waals surface area (Å²) in [5.74, 6) is -0.743. The SMILES string of the molecule is Cc1ccc(CNS(=O)(=O)c2ccccc2F)s1. The second-order valence-electron chi connectivity index (χ2n) is 3.77. The largest absolute Gasteiger partial charge is 0.243 e. The molecule has 0 aliphatic heterocycles. The average Bonchev–Trinajstić information content (AvgIpc) is 2.73. The van der Waals surface area contributed by atoms with E-state index in [9.17, 15) is 12.8 Å². The first-order chi connectivity index (χ1) is 8.49. The Labute approximate surface area is 109 Å². The molecule has 1 heterocycles. The van der Waals surface area contributed by atoms with E-state index >= 15 is 0 Å². The van der Waals surface area contributed by atoms with Crippen molar-refractivity contribution in [1.29, 1.82) is 0 Å². The van der Waals surface area contributed by atoms with E-state index in [0.29, 0.717) is 0 Å². The van der Waals surface area contributed by atoms with Gasteiger partial charge in [0.15, 0.2) is 0 Å². The number of hydrogen-bond acceptors (Lipinski definition) is 3. The third-order valence-electron chi connectivity index (χ3n) is 2.36. The van der Waals surface area contributed by atoms with Gasteiger partial charge in [0, 0.05) is 16.3 Å². The molecule has 1 N–H and O–H groups in total. The second kappa shape index (κ2) is 5.17. The van der Waals surface area contributed by atoms with Crippen molar-refractivity contribution < 1.29 is 12.8 Å². The van der Waals surface area contributed by atoms with Crippen LogP contribution in [0.2, 0.25) is 0 Å². The van der Waals surface area contributed by atoms with Crippen molar-refractivity contribution >= 4 is 21.4 Å². The molecule has 0 saturated heterocycles. The van der Waals surface area contributed by atoms with Crippen LogP contribution < -0.4 is 4.72 Å². The van der Waals surface area contributed by atoms with Crippen LogP contribution in [0, 0.1) is 12.7 Å². The highest BCUT2D eigenvalue weighted by Crippen LogP contribution is 2.17. The summed E-state index contributed by atoms with van der Waals surface area (Å²) in [5.41, 5.74) is 0. The van der Waals surface area contributed by atoms with Gasteiger partial charge in [-0.15, -0.1) is 11.3 Å². The van der Waals surface area contributed by atoms with Crippen LogP contribution in [0.25, 0.3) is 0 Å². The molecule has 0 unspecified atom stereocenters. The minimum Gasteiger partial charge on any atom is -0.207 e. The Morgan fingerprint density at radius 2 is 1.94 bits per heavy atom. The Bertz CT molecular complexity index is 650. The number of aryl methyl sites for hydroxylation is 1. The molecule has 0 fully saturated rings. The standard InChI is InChI=1S/C12H12FNO2S2/c1-9-6-7-10(17-9)8-14-18(15,16)12-5-3-2-4-11(12)13/h2-7,14H,8H2,1H3. The third kappa shape index (κ3) is 2.95. The molecule has 0 spiro atoms. The van der Waals surface area contributed by atoms with E-state index in [1.54, 1.807) is 0 Å². The quantitative estimate of drug-likeness (QED) is 0.938. The van der Waals surface area contributed by atoms with Gasteiger partial charge < -0.3 is 0 Å². The maximum atomic E-state index is 13.4. The molecule has 0 radical (unpaired) electrons. The number of halogens is 1. The topological polar surface area (TPSA) is 46.2 Å². The van der Waals surface area contributed by atoms with Gasteiger partial charge in [0.1, 0.15) is 10.7 Å². The highest BCUT2D eigenvalue weighted by atomic mass is 32.2. The summed E-state index contributed by atoms with van der Waals surface area (Å²) < 4.78 is 39.6. The van der Waals surface area contributed by atoms with Gasteiger partial charge >= 0.3 is 0 Å². The highest BCUT2D eigenvalue weighted by molar-refractivity contribution is 7.89. The molecule has 3 nitrogen and oxygen atoms in total. The zero-order chi connectivity index (χ0) is 13.2. The van der Waals surface area contributed by atoms with Crippen LogP contribution in [-0.4, -0.2) is 8.42 Å². The lowest BCUT2D eigenvalue weighted by atomic mass is 10.4. The highest BCUT2D eigenvalue weighted by Gasteiger charge is 2.18. The normalized spacial score (nSPS) is 11.7. The molecule has 6 heteroatoms. The molecule has 0 saturated carbocycles. The van der Waals surface area contributed by atoms with Gasteiger partial charge in [-0.3, -0.25) is 0 Å². The Morgan fingerprint density at radius 3 is 2.56 bits per heavy atom. The van der Waals surface area contributed by atoms with Gasteiger partial charge in [0.25, 0.3) is 0 Å². The molecule has 0 aliphatic carbocycles. The first-order valence-corrected chi connectivity index (χ1v) is 7.58. The number of nitrogens with one attached hydrogen (secondary N) is 1. The summed E-state index contributed by atoms with van der Waals surface area (Å²) in [7, 11) is -3.80. The Balaban J connectivity index is 2.16. The smallest absolute Gasteiger partial charge is 0.207 e. The summed E-state index contributed by atoms with van der Waals surface area (Å²) in [6, 6.07) is 9.09. The minimum atomic E-state index is -3.80. The van der Waals surface area contributed by atoms with E-state index in [1.807, 2.05) is 19.1 Å². The molecular weight excluding hydrogens is 273 g/mol. The lowest BCUT2D eigenvalue weighted by Gasteiger charge is -2.06. The summed E-state index contributed by atoms with van der Waals surface area (Å²) in [5, 5.41) is 0. The van der Waals surface area contributed by atoms with Crippen molar-refractivity contribution in [2.45, 2.75) is 18.4 Å². The van der Waals surface area contributed by atoms with Crippen molar-refractivity contribution in [2.75, 3.05) is 0 Å². The maximum Gasteiger partial charge on any atom is 0.243 e. The molecule has 18 heavy (non-hydrogen) atoms. The molecule has 0 amide bonds. The number of hydrogen-bond donors (Lipinski definition) is 1. The molecule has 2 rings (SSSR count). The van der Waals surface area contributed by atoms with Crippen LogP contribution in [0.5, 0.6) is 0 Å². The summed E-state index contributed by atoms with van der Waals surface area (Å²) >= 11 is 1.51. The summed E-state index contributed by atoms with van der Waals surface area (Å²) in [6.07, 6.45) is 0. The summed E-state index contributed by atoms with van der Waals surface area (Å²) in [6.45, 7) is 2.12. The van der Waals surface area contributed by atoms with E-state index in [-0.39, 0.29) is 11.4 Å². The van der Waals surface area contributed by atoms with Crippen LogP contribution in [0.3, 0.4) is 0 Å². The number of sulfonamides is 1. The van der Waals surface area contributed by atoms with Gasteiger partial charge in [-0.1, -0.05) is 12.1 Å². The van der Waals surface area contributed by atoms with Gasteiger partial charge in [-0.05, 0) is 31.2 Å². The minimum absolute atomic E-state index is 0.176. The third-order valence-corrected chi connectivity index (χ3v) is 4.79. The Hall–Kier alpha value is -1.24. The molecule has 1 aromatic carbocycles. The lowest BCUT2D eigenvalue weighted by molar-refractivity contribution is 0.557. The first-order valence-electron chi connectivity index (χ1n) is 5.28. The maximum absolute atomic E-state index is 13.4. The number of thiophene rings is 1. The van der Waals surface area contributed by atoms with E-state index in [0.717, 1.165) is 15.8 Å². The Morgan fingerprint density at radius 1 is 1.22 bits per heavy atom. The summed E-state index contributed by atoms with van der Waals surface area (Å²) in [4.78, 5) is 1.68. The first kappa shape index (κ1) is 13.2. The molecule has 0 aliphatic rings. The zero-order valence-electron chi connectivity index (χ0n) is 9.68.